The Morgan fingerprint density at radius 1 is 1.55 bits per heavy atom. The van der Waals surface area contributed by atoms with Crippen LogP contribution in [-0.4, -0.2) is 13.9 Å². The molecule has 1 atom stereocenters. The second kappa shape index (κ2) is 3.20. The fraction of sp³-hybridized carbons (Fsp3) is 0.625. The van der Waals surface area contributed by atoms with Crippen molar-refractivity contribution in [2.75, 3.05) is 0 Å². The molecule has 62 valence electrons. The third kappa shape index (κ3) is 3.97. The van der Waals surface area contributed by atoms with Gasteiger partial charge in [-0.15, -0.1) is 0 Å². The molecule has 0 fully saturated rings. The Labute approximate surface area is 69.6 Å². The van der Waals surface area contributed by atoms with Crippen molar-refractivity contribution in [1.82, 2.24) is 0 Å². The standard InChI is InChI=1S/C8H15NOSi/c1-6-8(2,7-9)10-11(3,4)5/h6H,1H2,2-5H3. The molecule has 0 N–H and O–H groups in total. The molecular formula is C8H15NOSi. The minimum absolute atomic E-state index is 0.801. The minimum Gasteiger partial charge on any atom is -0.397 e. The first-order valence-electron chi connectivity index (χ1n) is 3.58. The van der Waals surface area contributed by atoms with Gasteiger partial charge in [0.25, 0.3) is 0 Å². The van der Waals surface area contributed by atoms with Crippen molar-refractivity contribution < 1.29 is 4.43 Å². The van der Waals surface area contributed by atoms with E-state index < -0.39 is 13.9 Å². The van der Waals surface area contributed by atoms with Crippen LogP contribution in [-0.2, 0) is 4.43 Å². The van der Waals surface area contributed by atoms with Crippen LogP contribution in [0.25, 0.3) is 0 Å². The average Bonchev–Trinajstić information content (AvgIpc) is 1.84. The third-order valence-electron chi connectivity index (χ3n) is 1.13. The molecule has 0 bridgehead atoms. The fourth-order valence-corrected chi connectivity index (χ4v) is 2.15. The van der Waals surface area contributed by atoms with E-state index in [2.05, 4.69) is 12.6 Å². The lowest BCUT2D eigenvalue weighted by Crippen LogP contribution is -2.37. The number of nitriles is 1. The summed E-state index contributed by atoms with van der Waals surface area (Å²) in [6.45, 7) is 11.4. The highest BCUT2D eigenvalue weighted by Gasteiger charge is 2.28. The molecule has 0 aliphatic heterocycles. The fourth-order valence-electron chi connectivity index (χ4n) is 0.746. The predicted molar refractivity (Wildman–Crippen MR) is 48.6 cm³/mol. The van der Waals surface area contributed by atoms with E-state index in [9.17, 15) is 0 Å². The van der Waals surface area contributed by atoms with Gasteiger partial charge in [0.15, 0.2) is 13.9 Å². The molecule has 0 rings (SSSR count). The highest BCUT2D eigenvalue weighted by molar-refractivity contribution is 6.69. The second-order valence-corrected chi connectivity index (χ2v) is 8.07. The molecule has 1 unspecified atom stereocenters. The van der Waals surface area contributed by atoms with Gasteiger partial charge in [0, 0.05) is 0 Å². The summed E-state index contributed by atoms with van der Waals surface area (Å²) in [4.78, 5) is 0. The van der Waals surface area contributed by atoms with E-state index in [0.717, 1.165) is 0 Å². The molecule has 11 heavy (non-hydrogen) atoms. The first-order valence-corrected chi connectivity index (χ1v) is 6.99. The van der Waals surface area contributed by atoms with Gasteiger partial charge in [-0.05, 0) is 32.6 Å². The molecule has 0 aromatic rings. The summed E-state index contributed by atoms with van der Waals surface area (Å²) in [5, 5.41) is 8.72. The molecule has 3 heteroatoms. The van der Waals surface area contributed by atoms with Gasteiger partial charge < -0.3 is 4.43 Å². The predicted octanol–water partition coefficient (Wildman–Crippen LogP) is 2.31. The molecule has 0 aromatic carbocycles. The van der Waals surface area contributed by atoms with E-state index in [4.69, 9.17) is 9.69 Å². The van der Waals surface area contributed by atoms with E-state index in [1.165, 1.54) is 0 Å². The van der Waals surface area contributed by atoms with Crippen LogP contribution in [0.2, 0.25) is 19.6 Å². The van der Waals surface area contributed by atoms with Gasteiger partial charge in [-0.2, -0.15) is 5.26 Å². The lowest BCUT2D eigenvalue weighted by Gasteiger charge is -2.27. The largest absolute Gasteiger partial charge is 0.397 e. The van der Waals surface area contributed by atoms with E-state index >= 15 is 0 Å². The van der Waals surface area contributed by atoms with Gasteiger partial charge in [0.1, 0.15) is 6.07 Å². The molecule has 0 heterocycles. The summed E-state index contributed by atoms with van der Waals surface area (Å²) < 4.78 is 5.58. The van der Waals surface area contributed by atoms with Crippen LogP contribution >= 0.6 is 0 Å². The van der Waals surface area contributed by atoms with Crippen LogP contribution in [0.1, 0.15) is 6.92 Å². The molecule has 0 radical (unpaired) electrons. The van der Waals surface area contributed by atoms with Crippen molar-refractivity contribution in [3.63, 3.8) is 0 Å². The highest BCUT2D eigenvalue weighted by Crippen LogP contribution is 2.17. The molecule has 0 spiro atoms. The van der Waals surface area contributed by atoms with E-state index in [1.807, 2.05) is 19.6 Å². The van der Waals surface area contributed by atoms with Crippen molar-refractivity contribution in [3.8, 4) is 6.07 Å². The maximum atomic E-state index is 8.72. The topological polar surface area (TPSA) is 33.0 Å². The van der Waals surface area contributed by atoms with E-state index in [-0.39, 0.29) is 0 Å². The van der Waals surface area contributed by atoms with Gasteiger partial charge >= 0.3 is 0 Å². The molecule has 2 nitrogen and oxygen atoms in total. The third-order valence-corrected chi connectivity index (χ3v) is 2.17. The molecule has 0 aliphatic rings. The van der Waals surface area contributed by atoms with Crippen LogP contribution in [0.3, 0.4) is 0 Å². The molecule has 0 aliphatic carbocycles. The van der Waals surface area contributed by atoms with Crippen LogP contribution in [0.5, 0.6) is 0 Å². The minimum atomic E-state index is -1.63. The Hall–Kier alpha value is -0.593. The summed E-state index contributed by atoms with van der Waals surface area (Å²) in [6, 6.07) is 2.08. The number of rotatable bonds is 3. The number of hydrogen-bond donors (Lipinski definition) is 0. The van der Waals surface area contributed by atoms with Gasteiger partial charge in [0.2, 0.25) is 0 Å². The maximum absolute atomic E-state index is 8.72. The lowest BCUT2D eigenvalue weighted by atomic mass is 10.1. The summed E-state index contributed by atoms with van der Waals surface area (Å²) >= 11 is 0. The van der Waals surface area contributed by atoms with Gasteiger partial charge in [0.05, 0.1) is 0 Å². The number of hydrogen-bond acceptors (Lipinski definition) is 2. The Bertz CT molecular complexity index is 189. The Morgan fingerprint density at radius 3 is 2.09 bits per heavy atom. The van der Waals surface area contributed by atoms with Crippen LogP contribution < -0.4 is 0 Å². The summed E-state index contributed by atoms with van der Waals surface area (Å²) in [5.74, 6) is 0. The molecule has 0 aromatic heterocycles. The molecular weight excluding hydrogens is 154 g/mol. The first kappa shape index (κ1) is 10.4. The molecule has 0 saturated heterocycles. The van der Waals surface area contributed by atoms with Crippen molar-refractivity contribution >= 4 is 8.32 Å². The van der Waals surface area contributed by atoms with Crippen LogP contribution in [0, 0.1) is 11.3 Å². The van der Waals surface area contributed by atoms with Crippen molar-refractivity contribution in [2.24, 2.45) is 0 Å². The monoisotopic (exact) mass is 169 g/mol. The van der Waals surface area contributed by atoms with E-state index in [0.29, 0.717) is 0 Å². The van der Waals surface area contributed by atoms with Crippen molar-refractivity contribution in [2.45, 2.75) is 32.2 Å². The summed E-state index contributed by atoms with van der Waals surface area (Å²) in [5.41, 5.74) is -0.801. The van der Waals surface area contributed by atoms with Crippen LogP contribution in [0.15, 0.2) is 12.7 Å². The highest BCUT2D eigenvalue weighted by atomic mass is 28.4. The zero-order chi connectivity index (χ0) is 9.12. The smallest absolute Gasteiger partial charge is 0.186 e. The zero-order valence-electron chi connectivity index (χ0n) is 7.64. The first-order chi connectivity index (χ1) is 4.83. The van der Waals surface area contributed by atoms with Gasteiger partial charge in [-0.1, -0.05) is 6.58 Å². The molecule has 0 amide bonds. The van der Waals surface area contributed by atoms with Crippen molar-refractivity contribution in [1.29, 1.82) is 5.26 Å². The van der Waals surface area contributed by atoms with Gasteiger partial charge in [-0.25, -0.2) is 0 Å². The Balaban J connectivity index is 4.35. The lowest BCUT2D eigenvalue weighted by molar-refractivity contribution is 0.192. The van der Waals surface area contributed by atoms with Crippen molar-refractivity contribution in [3.05, 3.63) is 12.7 Å². The summed E-state index contributed by atoms with van der Waals surface area (Å²) in [7, 11) is -1.63. The van der Waals surface area contributed by atoms with Crippen LogP contribution in [0.4, 0.5) is 0 Å². The van der Waals surface area contributed by atoms with Gasteiger partial charge in [-0.3, -0.25) is 0 Å². The normalized spacial score (nSPS) is 16.6. The zero-order valence-corrected chi connectivity index (χ0v) is 8.64. The SMILES string of the molecule is C=CC(C)(C#N)O[Si](C)(C)C. The average molecular weight is 169 g/mol. The quantitative estimate of drug-likeness (QED) is 0.480. The summed E-state index contributed by atoms with van der Waals surface area (Å²) in [6.07, 6.45) is 1.55. The Morgan fingerprint density at radius 2 is 2.00 bits per heavy atom. The Kier molecular flexibility index (Phi) is 3.03. The maximum Gasteiger partial charge on any atom is 0.186 e. The number of nitrogens with zero attached hydrogens (tertiary/aromatic N) is 1. The molecule has 0 saturated carbocycles. The van der Waals surface area contributed by atoms with E-state index in [1.54, 1.807) is 13.0 Å². The second-order valence-electron chi connectivity index (χ2n) is 3.64.